The van der Waals surface area contributed by atoms with Crippen molar-refractivity contribution in [1.29, 1.82) is 0 Å². The Kier molecular flexibility index (Phi) is 8.07. The van der Waals surface area contributed by atoms with Gasteiger partial charge in [0.1, 0.15) is 5.01 Å². The summed E-state index contributed by atoms with van der Waals surface area (Å²) < 4.78 is 0. The van der Waals surface area contributed by atoms with Crippen LogP contribution in [0.25, 0.3) is 0 Å². The average molecular weight is 414 g/mol. The number of aryl methyl sites for hydroxylation is 2. The Balaban J connectivity index is 1.55. The zero-order chi connectivity index (χ0) is 20.6. The molecule has 0 radical (unpaired) electrons. The monoisotopic (exact) mass is 413 g/mol. The quantitative estimate of drug-likeness (QED) is 0.522. The van der Waals surface area contributed by atoms with Crippen LogP contribution in [0, 0.1) is 13.8 Å². The molecule has 6 heteroatoms. The SMILES string of the molecule is CN=C(NCc1nc(C)c(C)s1)NCc1ccccc1CN(C)C1CCCCC1. The molecule has 0 saturated heterocycles. The third-order valence-electron chi connectivity index (χ3n) is 5.89. The lowest BCUT2D eigenvalue weighted by Gasteiger charge is -2.31. The van der Waals surface area contributed by atoms with Crippen molar-refractivity contribution in [3.8, 4) is 0 Å². The molecule has 1 aromatic heterocycles. The van der Waals surface area contributed by atoms with E-state index in [1.165, 1.54) is 48.1 Å². The molecule has 1 aromatic carbocycles. The van der Waals surface area contributed by atoms with Crippen molar-refractivity contribution in [3.63, 3.8) is 0 Å². The van der Waals surface area contributed by atoms with Crippen LogP contribution in [0.15, 0.2) is 29.3 Å². The Labute approximate surface area is 179 Å². The molecule has 29 heavy (non-hydrogen) atoms. The van der Waals surface area contributed by atoms with Gasteiger partial charge in [-0.3, -0.25) is 9.89 Å². The third-order valence-corrected chi connectivity index (χ3v) is 6.96. The minimum atomic E-state index is 0.699. The van der Waals surface area contributed by atoms with E-state index in [0.29, 0.717) is 6.54 Å². The molecule has 0 atom stereocenters. The maximum atomic E-state index is 4.59. The average Bonchev–Trinajstić information content (AvgIpc) is 3.07. The summed E-state index contributed by atoms with van der Waals surface area (Å²) in [5.41, 5.74) is 3.85. The molecular formula is C23H35N5S. The van der Waals surface area contributed by atoms with Crippen LogP contribution < -0.4 is 10.6 Å². The summed E-state index contributed by atoms with van der Waals surface area (Å²) in [6.45, 7) is 6.65. The first-order chi connectivity index (χ1) is 14.1. The van der Waals surface area contributed by atoms with Gasteiger partial charge < -0.3 is 10.6 Å². The number of hydrogen-bond acceptors (Lipinski definition) is 4. The second-order valence-electron chi connectivity index (χ2n) is 8.00. The summed E-state index contributed by atoms with van der Waals surface area (Å²) in [5, 5.41) is 7.95. The molecule has 1 aliphatic rings. The van der Waals surface area contributed by atoms with Crippen LogP contribution >= 0.6 is 11.3 Å². The van der Waals surface area contributed by atoms with Crippen LogP contribution in [-0.2, 0) is 19.6 Å². The second kappa shape index (κ2) is 10.7. The fourth-order valence-electron chi connectivity index (χ4n) is 3.98. The number of hydrogen-bond donors (Lipinski definition) is 2. The number of nitrogens with one attached hydrogen (secondary N) is 2. The Morgan fingerprint density at radius 1 is 1.10 bits per heavy atom. The summed E-state index contributed by atoms with van der Waals surface area (Å²) in [6.07, 6.45) is 6.82. The number of aromatic nitrogens is 1. The van der Waals surface area contributed by atoms with E-state index in [2.05, 4.69) is 70.7 Å². The zero-order valence-electron chi connectivity index (χ0n) is 18.3. The number of thiazole rings is 1. The third kappa shape index (κ3) is 6.28. The van der Waals surface area contributed by atoms with Crippen molar-refractivity contribution < 1.29 is 0 Å². The lowest BCUT2D eigenvalue weighted by atomic mass is 9.94. The summed E-state index contributed by atoms with van der Waals surface area (Å²) in [4.78, 5) is 12.8. The largest absolute Gasteiger partial charge is 0.352 e. The molecule has 1 fully saturated rings. The first-order valence-corrected chi connectivity index (χ1v) is 11.5. The fraction of sp³-hybridized carbons (Fsp3) is 0.565. The first-order valence-electron chi connectivity index (χ1n) is 10.7. The lowest BCUT2D eigenvalue weighted by molar-refractivity contribution is 0.184. The van der Waals surface area contributed by atoms with E-state index in [-0.39, 0.29) is 0 Å². The van der Waals surface area contributed by atoms with Gasteiger partial charge in [0.15, 0.2) is 5.96 Å². The zero-order valence-corrected chi connectivity index (χ0v) is 19.1. The molecular weight excluding hydrogens is 378 g/mol. The van der Waals surface area contributed by atoms with Crippen molar-refractivity contribution in [2.45, 2.75) is 71.6 Å². The minimum Gasteiger partial charge on any atom is -0.352 e. The van der Waals surface area contributed by atoms with Gasteiger partial charge >= 0.3 is 0 Å². The summed E-state index contributed by atoms with van der Waals surface area (Å²) in [7, 11) is 4.09. The van der Waals surface area contributed by atoms with Crippen LogP contribution in [0.2, 0.25) is 0 Å². The van der Waals surface area contributed by atoms with E-state index in [1.54, 1.807) is 11.3 Å². The number of benzene rings is 1. The highest BCUT2D eigenvalue weighted by Gasteiger charge is 2.18. The van der Waals surface area contributed by atoms with Gasteiger partial charge in [0, 0.05) is 31.1 Å². The molecule has 0 bridgehead atoms. The van der Waals surface area contributed by atoms with Crippen LogP contribution in [0.3, 0.4) is 0 Å². The van der Waals surface area contributed by atoms with Gasteiger partial charge in [-0.2, -0.15) is 0 Å². The Bertz CT molecular complexity index is 788. The highest BCUT2D eigenvalue weighted by Crippen LogP contribution is 2.23. The topological polar surface area (TPSA) is 52.6 Å². The molecule has 3 rings (SSSR count). The number of rotatable bonds is 7. The summed E-state index contributed by atoms with van der Waals surface area (Å²) in [6, 6.07) is 9.47. The highest BCUT2D eigenvalue weighted by atomic mass is 32.1. The second-order valence-corrected chi connectivity index (χ2v) is 9.29. The first kappa shape index (κ1) is 21.8. The fourth-order valence-corrected chi connectivity index (χ4v) is 4.85. The van der Waals surface area contributed by atoms with E-state index < -0.39 is 0 Å². The van der Waals surface area contributed by atoms with Gasteiger partial charge in [-0.15, -0.1) is 11.3 Å². The Hall–Kier alpha value is -1.92. The van der Waals surface area contributed by atoms with Crippen LogP contribution in [0.4, 0.5) is 0 Å². The predicted octanol–water partition coefficient (Wildman–Crippen LogP) is 4.39. The number of guanidine groups is 1. The van der Waals surface area contributed by atoms with E-state index in [1.807, 2.05) is 7.05 Å². The maximum absolute atomic E-state index is 4.59. The van der Waals surface area contributed by atoms with Crippen molar-refractivity contribution in [2.75, 3.05) is 14.1 Å². The Morgan fingerprint density at radius 3 is 2.45 bits per heavy atom. The molecule has 0 amide bonds. The van der Waals surface area contributed by atoms with E-state index in [9.17, 15) is 0 Å². The molecule has 1 saturated carbocycles. The van der Waals surface area contributed by atoms with Crippen molar-refractivity contribution in [2.24, 2.45) is 4.99 Å². The molecule has 2 aromatic rings. The molecule has 0 aliphatic heterocycles. The lowest BCUT2D eigenvalue weighted by Crippen LogP contribution is -2.37. The van der Waals surface area contributed by atoms with E-state index in [0.717, 1.165) is 35.8 Å². The molecule has 1 heterocycles. The molecule has 2 N–H and O–H groups in total. The predicted molar refractivity (Wildman–Crippen MR) is 123 cm³/mol. The van der Waals surface area contributed by atoms with Crippen LogP contribution in [0.5, 0.6) is 0 Å². The maximum Gasteiger partial charge on any atom is 0.191 e. The van der Waals surface area contributed by atoms with Gasteiger partial charge in [-0.05, 0) is 44.9 Å². The number of nitrogens with zero attached hydrogens (tertiary/aromatic N) is 3. The molecule has 0 spiro atoms. The molecule has 158 valence electrons. The molecule has 1 aliphatic carbocycles. The van der Waals surface area contributed by atoms with Gasteiger partial charge in [0.25, 0.3) is 0 Å². The van der Waals surface area contributed by atoms with Crippen LogP contribution in [-0.4, -0.2) is 36.0 Å². The molecule has 5 nitrogen and oxygen atoms in total. The van der Waals surface area contributed by atoms with Gasteiger partial charge in [0.05, 0.1) is 12.2 Å². The van der Waals surface area contributed by atoms with Gasteiger partial charge in [0.2, 0.25) is 0 Å². The van der Waals surface area contributed by atoms with E-state index >= 15 is 0 Å². The smallest absolute Gasteiger partial charge is 0.191 e. The van der Waals surface area contributed by atoms with Crippen molar-refractivity contribution in [1.82, 2.24) is 20.5 Å². The highest BCUT2D eigenvalue weighted by molar-refractivity contribution is 7.11. The standard InChI is InChI=1S/C23H35N5S/c1-17-18(2)29-22(27-17)15-26-23(24-3)25-14-19-10-8-9-11-20(19)16-28(4)21-12-6-5-7-13-21/h8-11,21H,5-7,12-16H2,1-4H3,(H2,24,25,26). The van der Waals surface area contributed by atoms with Gasteiger partial charge in [-0.25, -0.2) is 4.98 Å². The molecule has 0 unspecified atom stereocenters. The number of aliphatic imine (C=N–C) groups is 1. The van der Waals surface area contributed by atoms with Crippen LogP contribution in [0.1, 0.15) is 58.8 Å². The van der Waals surface area contributed by atoms with E-state index in [4.69, 9.17) is 0 Å². The summed E-state index contributed by atoms with van der Waals surface area (Å²) >= 11 is 1.74. The van der Waals surface area contributed by atoms with Gasteiger partial charge in [-0.1, -0.05) is 43.5 Å². The van der Waals surface area contributed by atoms with Crippen molar-refractivity contribution in [3.05, 3.63) is 51.0 Å². The Morgan fingerprint density at radius 2 is 1.79 bits per heavy atom. The normalized spacial score (nSPS) is 15.7. The van der Waals surface area contributed by atoms with Crippen molar-refractivity contribution >= 4 is 17.3 Å². The minimum absolute atomic E-state index is 0.699. The summed E-state index contributed by atoms with van der Waals surface area (Å²) in [5.74, 6) is 0.811.